The molecule has 0 radical (unpaired) electrons. The van der Waals surface area contributed by atoms with E-state index in [1.165, 1.54) is 28.6 Å². The molecule has 2 aromatic carbocycles. The molecule has 12 heteroatoms. The van der Waals surface area contributed by atoms with E-state index < -0.39 is 39.5 Å². The third kappa shape index (κ3) is 8.55. The summed E-state index contributed by atoms with van der Waals surface area (Å²) in [5.41, 5.74) is 7.82. The van der Waals surface area contributed by atoms with Gasteiger partial charge in [0.05, 0.1) is 22.9 Å². The summed E-state index contributed by atoms with van der Waals surface area (Å²) in [5.74, 6) is -2.00. The number of ether oxygens (including phenoxy) is 1. The number of carbonyl (C=O) groups excluding carboxylic acids is 1. The van der Waals surface area contributed by atoms with Crippen LogP contribution in [0.25, 0.3) is 0 Å². The highest BCUT2D eigenvalue weighted by Crippen LogP contribution is 2.40. The minimum Gasteiger partial charge on any atom is -0.379 e. The van der Waals surface area contributed by atoms with Crippen LogP contribution in [-0.2, 0) is 26.0 Å². The molecule has 1 amide bonds. The smallest absolute Gasteiger partial charge is 0.241 e. The van der Waals surface area contributed by atoms with Gasteiger partial charge in [-0.05, 0) is 87.6 Å². The first kappa shape index (κ1) is 34.7. The van der Waals surface area contributed by atoms with Crippen molar-refractivity contribution in [1.82, 2.24) is 9.62 Å². The van der Waals surface area contributed by atoms with Crippen LogP contribution in [0, 0.1) is 17.6 Å². The average Bonchev–Trinajstić information content (AvgIpc) is 3.00. The molecule has 0 bridgehead atoms. The van der Waals surface area contributed by atoms with Gasteiger partial charge >= 0.3 is 0 Å². The number of nitrogens with two attached hydrogens (primary N) is 1. The van der Waals surface area contributed by atoms with Gasteiger partial charge in [0.2, 0.25) is 15.9 Å². The maximum atomic E-state index is 15.2. The maximum Gasteiger partial charge on any atom is 0.241 e. The fourth-order valence-corrected chi connectivity index (χ4v) is 8.56. The third-order valence-electron chi connectivity index (χ3n) is 8.87. The Kier molecular flexibility index (Phi) is 12.6. The monoisotopic (exact) mass is 654 g/mol. The van der Waals surface area contributed by atoms with E-state index in [4.69, 9.17) is 22.1 Å². The summed E-state index contributed by atoms with van der Waals surface area (Å²) in [5, 5.41) is 6.08. The number of nitrogens with zero attached hydrogens (tertiary/aromatic N) is 1. The molecule has 3 unspecified atom stereocenters. The summed E-state index contributed by atoms with van der Waals surface area (Å²) in [4.78, 5) is 13.7. The van der Waals surface area contributed by atoms with Crippen molar-refractivity contribution < 1.29 is 26.7 Å². The number of amides is 1. The number of carbonyl (C=O) groups is 1. The van der Waals surface area contributed by atoms with Crippen molar-refractivity contribution in [3.63, 3.8) is 0 Å². The van der Waals surface area contributed by atoms with Gasteiger partial charge in [-0.1, -0.05) is 30.7 Å². The lowest BCUT2D eigenvalue weighted by Gasteiger charge is -2.36. The number of hydrogen-bond acceptors (Lipinski definition) is 6. The van der Waals surface area contributed by atoms with Gasteiger partial charge in [0.1, 0.15) is 11.6 Å². The van der Waals surface area contributed by atoms with Crippen molar-refractivity contribution in [2.45, 2.75) is 82.9 Å². The van der Waals surface area contributed by atoms with Crippen molar-refractivity contribution in [2.24, 2.45) is 11.7 Å². The van der Waals surface area contributed by atoms with E-state index in [2.05, 4.69) is 10.6 Å². The van der Waals surface area contributed by atoms with Crippen LogP contribution in [0.5, 0.6) is 0 Å². The van der Waals surface area contributed by atoms with E-state index >= 15 is 4.39 Å². The van der Waals surface area contributed by atoms with Crippen molar-refractivity contribution >= 4 is 33.2 Å². The molecule has 8 nitrogen and oxygen atoms in total. The average molecular weight is 655 g/mol. The highest BCUT2D eigenvalue weighted by molar-refractivity contribution is 7.89. The highest BCUT2D eigenvalue weighted by Gasteiger charge is 2.37. The molecule has 44 heavy (non-hydrogen) atoms. The van der Waals surface area contributed by atoms with Gasteiger partial charge in [0, 0.05) is 49.5 Å². The number of piperazine rings is 1. The highest BCUT2D eigenvalue weighted by atomic mass is 35.5. The van der Waals surface area contributed by atoms with Crippen LogP contribution in [-0.4, -0.2) is 68.8 Å². The zero-order valence-electron chi connectivity index (χ0n) is 25.5. The van der Waals surface area contributed by atoms with Crippen molar-refractivity contribution in [2.75, 3.05) is 37.3 Å². The van der Waals surface area contributed by atoms with E-state index in [9.17, 15) is 17.6 Å². The number of rotatable bonds is 13. The molecular weight excluding hydrogens is 610 g/mol. The Bertz CT molecular complexity index is 1370. The first-order valence-corrected chi connectivity index (χ1v) is 17.6. The minimum absolute atomic E-state index is 0.00913. The maximum absolute atomic E-state index is 15.2. The van der Waals surface area contributed by atoms with Gasteiger partial charge in [0.15, 0.2) is 0 Å². The first-order valence-electron chi connectivity index (χ1n) is 15.7. The predicted octanol–water partition coefficient (Wildman–Crippen LogP) is 5.21. The normalized spacial score (nSPS) is 22.8. The summed E-state index contributed by atoms with van der Waals surface area (Å²) >= 11 is 5.96. The van der Waals surface area contributed by atoms with Crippen LogP contribution >= 0.6 is 11.6 Å². The van der Waals surface area contributed by atoms with Gasteiger partial charge in [-0.15, -0.1) is 0 Å². The lowest BCUT2D eigenvalue weighted by atomic mass is 9.72. The third-order valence-corrected chi connectivity index (χ3v) is 11.3. The molecular formula is C32H45ClF2N4O4S. The Morgan fingerprint density at radius 1 is 1.16 bits per heavy atom. The summed E-state index contributed by atoms with van der Waals surface area (Å²) < 4.78 is 62.9. The van der Waals surface area contributed by atoms with E-state index in [0.29, 0.717) is 50.3 Å². The van der Waals surface area contributed by atoms with E-state index in [1.54, 1.807) is 12.1 Å². The Labute approximate surface area is 265 Å². The number of nitrogens with one attached hydrogen (secondary N) is 2. The molecule has 0 aromatic heterocycles. The summed E-state index contributed by atoms with van der Waals surface area (Å²) in [6.07, 6.45) is 4.41. The molecule has 4 rings (SSSR count). The minimum atomic E-state index is -3.43. The summed E-state index contributed by atoms with van der Waals surface area (Å²) in [7, 11) is -3.43. The van der Waals surface area contributed by atoms with Crippen LogP contribution in [0.1, 0.15) is 69.4 Å². The second-order valence-electron chi connectivity index (χ2n) is 11.8. The first-order chi connectivity index (χ1) is 21.1. The molecule has 3 atom stereocenters. The van der Waals surface area contributed by atoms with E-state index in [1.807, 2.05) is 13.8 Å². The topological polar surface area (TPSA) is 114 Å². The quantitative estimate of drug-likeness (QED) is 0.273. The second kappa shape index (κ2) is 15.9. The lowest BCUT2D eigenvalue weighted by molar-refractivity contribution is -0.118. The van der Waals surface area contributed by atoms with Crippen LogP contribution < -0.4 is 16.4 Å². The van der Waals surface area contributed by atoms with Gasteiger partial charge in [-0.2, -0.15) is 4.31 Å². The molecule has 0 spiro atoms. The molecule has 1 heterocycles. The number of hydrogen-bond donors (Lipinski definition) is 3. The SMILES string of the molecule is CCCS(=O)(=O)N1CCNCC1CCc1c(F)cccc1NC(=O)C(N)C(c1ccc(Cl)c(F)c1)C1CCC(OCC)CC1. The van der Waals surface area contributed by atoms with Gasteiger partial charge in [-0.3, -0.25) is 4.79 Å². The fourth-order valence-electron chi connectivity index (χ4n) is 6.69. The lowest BCUT2D eigenvalue weighted by Crippen LogP contribution is -2.54. The van der Waals surface area contributed by atoms with Gasteiger partial charge in [0.25, 0.3) is 0 Å². The zero-order chi connectivity index (χ0) is 31.9. The standard InChI is InChI=1S/C32H45ClF2N4O4S/c1-3-18-44(41,42)39-17-16-37-20-23(39)11-14-25-27(34)6-5-7-29(25)38-32(40)31(36)30(22-10-15-26(33)28(35)19-22)21-8-12-24(13-9-21)43-4-2/h5-7,10,15,19,21,23-24,30-31,37H,3-4,8-9,11-14,16-18,20,36H2,1-2H3,(H,38,40). The van der Waals surface area contributed by atoms with Gasteiger partial charge in [-0.25, -0.2) is 17.2 Å². The Balaban J connectivity index is 1.53. The number of sulfonamides is 1. The van der Waals surface area contributed by atoms with Crippen molar-refractivity contribution in [3.05, 3.63) is 64.2 Å². The summed E-state index contributed by atoms with van der Waals surface area (Å²) in [6, 6.07) is 7.62. The largest absolute Gasteiger partial charge is 0.379 e. The molecule has 1 saturated heterocycles. The Hall–Kier alpha value is -2.15. The molecule has 2 aliphatic rings. The molecule has 4 N–H and O–H groups in total. The predicted molar refractivity (Wildman–Crippen MR) is 170 cm³/mol. The van der Waals surface area contributed by atoms with Crippen molar-refractivity contribution in [3.8, 4) is 0 Å². The Morgan fingerprint density at radius 3 is 2.59 bits per heavy atom. The van der Waals surface area contributed by atoms with Crippen LogP contribution in [0.4, 0.5) is 14.5 Å². The van der Waals surface area contributed by atoms with Gasteiger partial charge < -0.3 is 21.1 Å². The fraction of sp³-hybridized carbons (Fsp3) is 0.594. The summed E-state index contributed by atoms with van der Waals surface area (Å²) in [6.45, 7) is 5.81. The van der Waals surface area contributed by atoms with Crippen LogP contribution in [0.2, 0.25) is 5.02 Å². The second-order valence-corrected chi connectivity index (χ2v) is 14.2. The van der Waals surface area contributed by atoms with Crippen molar-refractivity contribution in [1.29, 1.82) is 0 Å². The molecule has 2 fully saturated rings. The molecule has 2 aromatic rings. The van der Waals surface area contributed by atoms with Crippen LogP contribution in [0.3, 0.4) is 0 Å². The van der Waals surface area contributed by atoms with E-state index in [0.717, 1.165) is 25.7 Å². The molecule has 1 aliphatic carbocycles. The number of anilines is 1. The Morgan fingerprint density at radius 2 is 1.91 bits per heavy atom. The molecule has 244 valence electrons. The van der Waals surface area contributed by atoms with Crippen LogP contribution in [0.15, 0.2) is 36.4 Å². The van der Waals surface area contributed by atoms with E-state index in [-0.39, 0.29) is 40.8 Å². The number of halogens is 3. The molecule has 1 saturated carbocycles. The molecule has 1 aliphatic heterocycles. The zero-order valence-corrected chi connectivity index (χ0v) is 27.1. The number of benzene rings is 2.